The van der Waals surface area contributed by atoms with Gasteiger partial charge in [-0.2, -0.15) is 0 Å². The molecule has 0 spiro atoms. The van der Waals surface area contributed by atoms with Gasteiger partial charge in [-0.05, 0) is 24.8 Å². The molecule has 1 atom stereocenters. The first-order valence-electron chi connectivity index (χ1n) is 4.89. The van der Waals surface area contributed by atoms with Crippen molar-refractivity contribution in [2.45, 2.75) is 19.4 Å². The van der Waals surface area contributed by atoms with Gasteiger partial charge in [-0.25, -0.2) is 4.79 Å². The van der Waals surface area contributed by atoms with Crippen molar-refractivity contribution in [2.75, 3.05) is 6.54 Å². The van der Waals surface area contributed by atoms with E-state index < -0.39 is 18.0 Å². The highest BCUT2D eigenvalue weighted by atomic mass is 32.1. The SMILES string of the molecule is C[C@H](NC(=O)NCCc1cccs1)C(=O)O. The maximum absolute atomic E-state index is 11.2. The van der Waals surface area contributed by atoms with Crippen molar-refractivity contribution in [1.29, 1.82) is 0 Å². The van der Waals surface area contributed by atoms with Crippen molar-refractivity contribution in [1.82, 2.24) is 10.6 Å². The average Bonchev–Trinajstić information content (AvgIpc) is 2.70. The van der Waals surface area contributed by atoms with Gasteiger partial charge >= 0.3 is 12.0 Å². The van der Waals surface area contributed by atoms with Gasteiger partial charge in [-0.15, -0.1) is 11.3 Å². The summed E-state index contributed by atoms with van der Waals surface area (Å²) >= 11 is 1.63. The van der Waals surface area contributed by atoms with Crippen LogP contribution in [-0.2, 0) is 11.2 Å². The molecule has 3 N–H and O–H groups in total. The largest absolute Gasteiger partial charge is 0.480 e. The van der Waals surface area contributed by atoms with Gasteiger partial charge in [0.05, 0.1) is 0 Å². The van der Waals surface area contributed by atoms with E-state index in [0.29, 0.717) is 6.54 Å². The van der Waals surface area contributed by atoms with Crippen molar-refractivity contribution in [2.24, 2.45) is 0 Å². The van der Waals surface area contributed by atoms with E-state index in [0.717, 1.165) is 6.42 Å². The number of amides is 2. The summed E-state index contributed by atoms with van der Waals surface area (Å²) in [4.78, 5) is 22.8. The van der Waals surface area contributed by atoms with Crippen LogP contribution in [-0.4, -0.2) is 29.7 Å². The van der Waals surface area contributed by atoms with E-state index in [-0.39, 0.29) is 0 Å². The molecule has 0 aliphatic carbocycles. The van der Waals surface area contributed by atoms with Crippen molar-refractivity contribution < 1.29 is 14.7 Å². The molecule has 1 aromatic rings. The number of nitrogens with one attached hydrogen (secondary N) is 2. The van der Waals surface area contributed by atoms with Crippen LogP contribution in [0, 0.1) is 0 Å². The third kappa shape index (κ3) is 4.31. The van der Waals surface area contributed by atoms with Crippen LogP contribution < -0.4 is 10.6 Å². The minimum absolute atomic E-state index is 0.452. The molecule has 1 heterocycles. The quantitative estimate of drug-likeness (QED) is 0.722. The zero-order valence-electron chi connectivity index (χ0n) is 8.90. The summed E-state index contributed by atoms with van der Waals surface area (Å²) in [5.74, 6) is -1.05. The predicted molar refractivity (Wildman–Crippen MR) is 61.7 cm³/mol. The van der Waals surface area contributed by atoms with Gasteiger partial charge in [0.1, 0.15) is 6.04 Å². The Hall–Kier alpha value is -1.56. The van der Waals surface area contributed by atoms with Crippen LogP contribution in [0.25, 0.3) is 0 Å². The maximum atomic E-state index is 11.2. The number of urea groups is 1. The second kappa shape index (κ2) is 6.12. The molecule has 1 rings (SSSR count). The van der Waals surface area contributed by atoms with Gasteiger partial charge < -0.3 is 15.7 Å². The molecule has 0 saturated carbocycles. The van der Waals surface area contributed by atoms with Crippen molar-refractivity contribution >= 4 is 23.3 Å². The number of carbonyl (C=O) groups is 2. The van der Waals surface area contributed by atoms with Crippen LogP contribution >= 0.6 is 11.3 Å². The normalized spacial score (nSPS) is 11.8. The molecule has 5 nitrogen and oxygen atoms in total. The standard InChI is InChI=1S/C10H14N2O3S/c1-7(9(13)14)12-10(15)11-5-4-8-3-2-6-16-8/h2-3,6-7H,4-5H2,1H3,(H,13,14)(H2,11,12,15)/t7-/m0/s1. The molecule has 0 radical (unpaired) electrons. The Labute approximate surface area is 97.5 Å². The molecule has 16 heavy (non-hydrogen) atoms. The summed E-state index contributed by atoms with van der Waals surface area (Å²) < 4.78 is 0. The lowest BCUT2D eigenvalue weighted by Gasteiger charge is -2.10. The minimum Gasteiger partial charge on any atom is -0.480 e. The van der Waals surface area contributed by atoms with E-state index in [9.17, 15) is 9.59 Å². The van der Waals surface area contributed by atoms with E-state index in [2.05, 4.69) is 10.6 Å². The van der Waals surface area contributed by atoms with Crippen molar-refractivity contribution in [3.05, 3.63) is 22.4 Å². The van der Waals surface area contributed by atoms with Gasteiger partial charge in [-0.1, -0.05) is 6.07 Å². The number of carbonyl (C=O) groups excluding carboxylic acids is 1. The van der Waals surface area contributed by atoms with Crippen LogP contribution in [0.15, 0.2) is 17.5 Å². The number of hydrogen-bond acceptors (Lipinski definition) is 3. The zero-order chi connectivity index (χ0) is 12.0. The number of rotatable bonds is 5. The molecular weight excluding hydrogens is 228 g/mol. The van der Waals surface area contributed by atoms with E-state index >= 15 is 0 Å². The van der Waals surface area contributed by atoms with Crippen molar-refractivity contribution in [3.63, 3.8) is 0 Å². The fourth-order valence-electron chi connectivity index (χ4n) is 1.06. The second-order valence-corrected chi connectivity index (χ2v) is 4.32. The third-order valence-electron chi connectivity index (χ3n) is 1.96. The number of aliphatic carboxylic acids is 1. The Morgan fingerprint density at radius 3 is 2.88 bits per heavy atom. The Morgan fingerprint density at radius 2 is 2.31 bits per heavy atom. The predicted octanol–water partition coefficient (Wildman–Crippen LogP) is 1.06. The molecule has 1 aromatic heterocycles. The lowest BCUT2D eigenvalue weighted by Crippen LogP contribution is -2.44. The third-order valence-corrected chi connectivity index (χ3v) is 2.89. The van der Waals surface area contributed by atoms with E-state index in [1.807, 2.05) is 17.5 Å². The molecule has 0 unspecified atom stereocenters. The Balaban J connectivity index is 2.18. The van der Waals surface area contributed by atoms with E-state index in [1.165, 1.54) is 11.8 Å². The highest BCUT2D eigenvalue weighted by Crippen LogP contribution is 2.07. The lowest BCUT2D eigenvalue weighted by molar-refractivity contribution is -0.138. The highest BCUT2D eigenvalue weighted by molar-refractivity contribution is 7.09. The summed E-state index contributed by atoms with van der Waals surface area (Å²) in [6.45, 7) is 1.92. The first-order valence-corrected chi connectivity index (χ1v) is 5.77. The number of hydrogen-bond donors (Lipinski definition) is 3. The highest BCUT2D eigenvalue weighted by Gasteiger charge is 2.12. The smallest absolute Gasteiger partial charge is 0.325 e. The molecule has 0 fully saturated rings. The molecule has 0 aliphatic rings. The zero-order valence-corrected chi connectivity index (χ0v) is 9.71. The van der Waals surface area contributed by atoms with Crippen LogP contribution in [0.1, 0.15) is 11.8 Å². The number of carboxylic acids is 1. The fourth-order valence-corrected chi connectivity index (χ4v) is 1.77. The van der Waals surface area contributed by atoms with Gasteiger partial charge in [0.2, 0.25) is 0 Å². The molecule has 6 heteroatoms. The summed E-state index contributed by atoms with van der Waals surface area (Å²) in [6, 6.07) is 2.62. The van der Waals surface area contributed by atoms with Gasteiger partial charge in [0.15, 0.2) is 0 Å². The van der Waals surface area contributed by atoms with Gasteiger partial charge in [0.25, 0.3) is 0 Å². The van der Waals surface area contributed by atoms with Gasteiger partial charge in [0, 0.05) is 11.4 Å². The first kappa shape index (κ1) is 12.5. The average molecular weight is 242 g/mol. The van der Waals surface area contributed by atoms with Crippen LogP contribution in [0.2, 0.25) is 0 Å². The first-order chi connectivity index (χ1) is 7.59. The fraction of sp³-hybridized carbons (Fsp3) is 0.400. The lowest BCUT2D eigenvalue weighted by atomic mass is 10.3. The molecule has 0 aromatic carbocycles. The van der Waals surface area contributed by atoms with Crippen LogP contribution in [0.5, 0.6) is 0 Å². The Bertz CT molecular complexity index is 351. The molecule has 2 amide bonds. The Morgan fingerprint density at radius 1 is 1.56 bits per heavy atom. The monoisotopic (exact) mass is 242 g/mol. The molecule has 88 valence electrons. The van der Waals surface area contributed by atoms with Crippen LogP contribution in [0.4, 0.5) is 4.79 Å². The Kier molecular flexibility index (Phi) is 4.78. The maximum Gasteiger partial charge on any atom is 0.325 e. The summed E-state index contributed by atoms with van der Waals surface area (Å²) in [5.41, 5.74) is 0. The van der Waals surface area contributed by atoms with E-state index in [4.69, 9.17) is 5.11 Å². The number of carboxylic acid groups (broad SMARTS) is 1. The topological polar surface area (TPSA) is 78.4 Å². The molecular formula is C10H14N2O3S. The van der Waals surface area contributed by atoms with E-state index in [1.54, 1.807) is 11.3 Å². The minimum atomic E-state index is -1.05. The summed E-state index contributed by atoms with van der Waals surface area (Å²) in [6.07, 6.45) is 0.756. The number of thiophene rings is 1. The molecule has 0 aliphatic heterocycles. The summed E-state index contributed by atoms with van der Waals surface area (Å²) in [7, 11) is 0. The molecule has 0 bridgehead atoms. The second-order valence-electron chi connectivity index (χ2n) is 3.29. The van der Waals surface area contributed by atoms with Gasteiger partial charge in [-0.3, -0.25) is 4.79 Å². The van der Waals surface area contributed by atoms with Crippen molar-refractivity contribution in [3.8, 4) is 0 Å². The van der Waals surface area contributed by atoms with Crippen LogP contribution in [0.3, 0.4) is 0 Å². The summed E-state index contributed by atoms with van der Waals surface area (Å²) in [5, 5.41) is 15.5. The molecule has 0 saturated heterocycles.